The third-order valence-electron chi connectivity index (χ3n) is 2.52. The minimum Gasteiger partial charge on any atom is -0.370 e. The largest absolute Gasteiger partial charge is 0.370 e. The Hall–Kier alpha value is -0.870. The lowest BCUT2D eigenvalue weighted by atomic mass is 10.1. The third kappa shape index (κ3) is 7.95. The van der Waals surface area contributed by atoms with E-state index in [4.69, 9.17) is 5.73 Å². The molecule has 1 rings (SSSR count). The Labute approximate surface area is 150 Å². The summed E-state index contributed by atoms with van der Waals surface area (Å²) in [5, 5.41) is 3.01. The molecule has 0 spiro atoms. The first-order valence-corrected chi connectivity index (χ1v) is 8.23. The van der Waals surface area contributed by atoms with Crippen LogP contribution < -0.4 is 15.8 Å². The molecule has 0 aliphatic rings. The van der Waals surface area contributed by atoms with Crippen molar-refractivity contribution >= 4 is 40.0 Å². The second kappa shape index (κ2) is 8.68. The van der Waals surface area contributed by atoms with Gasteiger partial charge in [-0.15, -0.1) is 24.0 Å². The van der Waals surface area contributed by atoms with Crippen molar-refractivity contribution in [1.29, 1.82) is 0 Å². The van der Waals surface area contributed by atoms with Crippen LogP contribution in [0.5, 0.6) is 0 Å². The van der Waals surface area contributed by atoms with Gasteiger partial charge in [-0.3, -0.25) is 4.99 Å². The van der Waals surface area contributed by atoms with Gasteiger partial charge in [0.2, 0.25) is 10.0 Å². The Morgan fingerprint density at radius 3 is 2.27 bits per heavy atom. The van der Waals surface area contributed by atoms with E-state index in [9.17, 15) is 8.42 Å². The van der Waals surface area contributed by atoms with E-state index in [2.05, 4.69) is 15.0 Å². The Morgan fingerprint density at radius 1 is 1.23 bits per heavy atom. The quantitative estimate of drug-likeness (QED) is 0.281. The highest BCUT2D eigenvalue weighted by molar-refractivity contribution is 14.0. The number of nitrogens with zero attached hydrogens (tertiary/aromatic N) is 1. The van der Waals surface area contributed by atoms with E-state index in [1.165, 1.54) is 0 Å². The molecular formula is C14H25IN4O2S. The standard InChI is InChI=1S/C14H24N4O2S.HI/c1-11-5-7-12(8-6-11)21(19,20)17-10-9-16-13(15)18-14(2,3)4;/h5-8,17H,9-10H2,1-4H3,(H3,15,16,18);1H. The SMILES string of the molecule is Cc1ccc(S(=O)(=O)NCCN=C(N)NC(C)(C)C)cc1.I. The average molecular weight is 440 g/mol. The van der Waals surface area contributed by atoms with Gasteiger partial charge in [0.1, 0.15) is 0 Å². The van der Waals surface area contributed by atoms with E-state index in [0.29, 0.717) is 5.96 Å². The fraction of sp³-hybridized carbons (Fsp3) is 0.500. The molecule has 0 saturated heterocycles. The molecule has 0 unspecified atom stereocenters. The number of hydrogen-bond donors (Lipinski definition) is 3. The molecule has 0 saturated carbocycles. The van der Waals surface area contributed by atoms with Gasteiger partial charge in [-0.05, 0) is 39.8 Å². The zero-order valence-electron chi connectivity index (χ0n) is 13.4. The molecule has 0 heterocycles. The van der Waals surface area contributed by atoms with Crippen LogP contribution in [0.1, 0.15) is 26.3 Å². The number of aliphatic imine (C=N–C) groups is 1. The summed E-state index contributed by atoms with van der Waals surface area (Å²) in [6.07, 6.45) is 0. The van der Waals surface area contributed by atoms with Gasteiger partial charge in [-0.2, -0.15) is 0 Å². The second-order valence-corrected chi connectivity index (χ2v) is 7.62. The van der Waals surface area contributed by atoms with Crippen molar-refractivity contribution in [2.24, 2.45) is 10.7 Å². The second-order valence-electron chi connectivity index (χ2n) is 5.85. The van der Waals surface area contributed by atoms with Crippen LogP contribution in [-0.2, 0) is 10.0 Å². The summed E-state index contributed by atoms with van der Waals surface area (Å²) in [7, 11) is -3.49. The number of nitrogens with one attached hydrogen (secondary N) is 2. The number of aryl methyl sites for hydroxylation is 1. The Morgan fingerprint density at radius 2 is 1.77 bits per heavy atom. The molecule has 6 nitrogen and oxygen atoms in total. The summed E-state index contributed by atoms with van der Waals surface area (Å²) in [6.45, 7) is 8.28. The minimum absolute atomic E-state index is 0. The lowest BCUT2D eigenvalue weighted by molar-refractivity contribution is 0.508. The molecule has 0 radical (unpaired) electrons. The van der Waals surface area contributed by atoms with Gasteiger partial charge in [0.05, 0.1) is 11.4 Å². The highest BCUT2D eigenvalue weighted by atomic mass is 127. The molecule has 0 bridgehead atoms. The van der Waals surface area contributed by atoms with Gasteiger partial charge in [0.25, 0.3) is 0 Å². The molecule has 1 aromatic carbocycles. The van der Waals surface area contributed by atoms with Crippen LogP contribution in [0.4, 0.5) is 0 Å². The number of halogens is 1. The number of hydrogen-bond acceptors (Lipinski definition) is 3. The van der Waals surface area contributed by atoms with Crippen LogP contribution in [-0.4, -0.2) is 33.0 Å². The van der Waals surface area contributed by atoms with Crippen molar-refractivity contribution in [3.63, 3.8) is 0 Å². The molecule has 22 heavy (non-hydrogen) atoms. The number of sulfonamides is 1. The summed E-state index contributed by atoms with van der Waals surface area (Å²) in [5.41, 5.74) is 6.54. The first-order valence-electron chi connectivity index (χ1n) is 6.75. The predicted molar refractivity (Wildman–Crippen MR) is 101 cm³/mol. The third-order valence-corrected chi connectivity index (χ3v) is 4.00. The summed E-state index contributed by atoms with van der Waals surface area (Å²) in [6, 6.07) is 6.68. The maximum absolute atomic E-state index is 12.0. The van der Waals surface area contributed by atoms with Gasteiger partial charge in [0, 0.05) is 12.1 Å². The van der Waals surface area contributed by atoms with Gasteiger partial charge in [-0.25, -0.2) is 13.1 Å². The topological polar surface area (TPSA) is 96.6 Å². The van der Waals surface area contributed by atoms with Crippen molar-refractivity contribution in [1.82, 2.24) is 10.0 Å². The smallest absolute Gasteiger partial charge is 0.240 e. The van der Waals surface area contributed by atoms with E-state index < -0.39 is 10.0 Å². The van der Waals surface area contributed by atoms with Gasteiger partial charge in [-0.1, -0.05) is 17.7 Å². The number of benzene rings is 1. The molecule has 0 aliphatic heterocycles. The van der Waals surface area contributed by atoms with Crippen LogP contribution >= 0.6 is 24.0 Å². The Bertz CT molecular complexity index is 592. The summed E-state index contributed by atoms with van der Waals surface area (Å²) in [4.78, 5) is 4.32. The summed E-state index contributed by atoms with van der Waals surface area (Å²) < 4.78 is 26.5. The Balaban J connectivity index is 0.00000441. The lowest BCUT2D eigenvalue weighted by Gasteiger charge is -2.20. The highest BCUT2D eigenvalue weighted by Gasteiger charge is 2.13. The zero-order valence-corrected chi connectivity index (χ0v) is 16.5. The Kier molecular flexibility index (Phi) is 8.34. The number of guanidine groups is 1. The highest BCUT2D eigenvalue weighted by Crippen LogP contribution is 2.09. The first-order chi connectivity index (χ1) is 9.60. The van der Waals surface area contributed by atoms with Crippen LogP contribution in [0.15, 0.2) is 34.2 Å². The molecule has 4 N–H and O–H groups in total. The molecule has 0 aromatic heterocycles. The van der Waals surface area contributed by atoms with Gasteiger partial charge in [0.15, 0.2) is 5.96 Å². The fourth-order valence-corrected chi connectivity index (χ4v) is 2.60. The van der Waals surface area contributed by atoms with E-state index in [0.717, 1.165) is 5.56 Å². The normalized spacial score (nSPS) is 12.6. The molecule has 0 atom stereocenters. The maximum atomic E-state index is 12.0. The van der Waals surface area contributed by atoms with Crippen molar-refractivity contribution in [3.8, 4) is 0 Å². The minimum atomic E-state index is -3.49. The molecular weight excluding hydrogens is 415 g/mol. The predicted octanol–water partition coefficient (Wildman–Crippen LogP) is 1.59. The first kappa shape index (κ1) is 21.1. The lowest BCUT2D eigenvalue weighted by Crippen LogP contribution is -2.45. The van der Waals surface area contributed by atoms with Crippen molar-refractivity contribution in [3.05, 3.63) is 29.8 Å². The molecule has 1 aromatic rings. The van der Waals surface area contributed by atoms with Crippen molar-refractivity contribution in [2.45, 2.75) is 38.1 Å². The van der Waals surface area contributed by atoms with Gasteiger partial charge >= 0.3 is 0 Å². The van der Waals surface area contributed by atoms with Crippen molar-refractivity contribution < 1.29 is 8.42 Å². The van der Waals surface area contributed by atoms with E-state index in [1.807, 2.05) is 27.7 Å². The van der Waals surface area contributed by atoms with Crippen molar-refractivity contribution in [2.75, 3.05) is 13.1 Å². The van der Waals surface area contributed by atoms with E-state index in [-0.39, 0.29) is 47.5 Å². The molecule has 126 valence electrons. The van der Waals surface area contributed by atoms with Crippen LogP contribution in [0, 0.1) is 6.92 Å². The number of nitrogens with two attached hydrogens (primary N) is 1. The van der Waals surface area contributed by atoms with Crippen LogP contribution in [0.3, 0.4) is 0 Å². The van der Waals surface area contributed by atoms with Crippen LogP contribution in [0.2, 0.25) is 0 Å². The van der Waals surface area contributed by atoms with E-state index >= 15 is 0 Å². The molecule has 0 aliphatic carbocycles. The van der Waals surface area contributed by atoms with Gasteiger partial charge < -0.3 is 11.1 Å². The number of rotatable bonds is 5. The molecule has 0 amide bonds. The van der Waals surface area contributed by atoms with Crippen LogP contribution in [0.25, 0.3) is 0 Å². The average Bonchev–Trinajstić information content (AvgIpc) is 2.33. The van der Waals surface area contributed by atoms with E-state index in [1.54, 1.807) is 24.3 Å². The summed E-state index contributed by atoms with van der Waals surface area (Å²) >= 11 is 0. The maximum Gasteiger partial charge on any atom is 0.240 e. The molecule has 0 fully saturated rings. The summed E-state index contributed by atoms with van der Waals surface area (Å²) in [5.74, 6) is 0.303. The molecule has 8 heteroatoms. The monoisotopic (exact) mass is 440 g/mol. The fourth-order valence-electron chi connectivity index (χ4n) is 1.58. The zero-order chi connectivity index (χ0) is 16.1.